The van der Waals surface area contributed by atoms with Crippen molar-refractivity contribution in [3.8, 4) is 0 Å². The summed E-state index contributed by atoms with van der Waals surface area (Å²) < 4.78 is 5.09. The Morgan fingerprint density at radius 3 is 2.92 bits per heavy atom. The molecule has 0 aromatic carbocycles. The lowest BCUT2D eigenvalue weighted by molar-refractivity contribution is 0.0935. The zero-order valence-corrected chi connectivity index (χ0v) is 15.7. The molecule has 0 bridgehead atoms. The number of anilines is 1. The smallest absolute Gasteiger partial charge is 0.410 e. The van der Waals surface area contributed by atoms with Crippen molar-refractivity contribution in [1.82, 2.24) is 10.2 Å². The van der Waals surface area contributed by atoms with Gasteiger partial charge in [-0.15, -0.1) is 22.7 Å². The maximum absolute atomic E-state index is 12.7. The number of hydrogen-bond acceptors (Lipinski definition) is 6. The maximum Gasteiger partial charge on any atom is 0.410 e. The fourth-order valence-electron chi connectivity index (χ4n) is 3.24. The maximum atomic E-state index is 12.7. The molecule has 0 saturated carbocycles. The van der Waals surface area contributed by atoms with E-state index >= 15 is 0 Å². The summed E-state index contributed by atoms with van der Waals surface area (Å²) in [6, 6.07) is 4.10. The van der Waals surface area contributed by atoms with E-state index in [0.29, 0.717) is 26.1 Å². The number of ether oxygens (including phenoxy) is 1. The van der Waals surface area contributed by atoms with Crippen LogP contribution in [-0.2, 0) is 17.7 Å². The molecular formula is C17H19N3O3S2. The molecule has 4 heterocycles. The third kappa shape index (κ3) is 2.89. The number of nitrogens with zero attached hydrogens (tertiary/aromatic N) is 1. The second kappa shape index (κ2) is 6.34. The molecule has 6 nitrogen and oxygen atoms in total. The molecule has 2 amide bonds. The van der Waals surface area contributed by atoms with Gasteiger partial charge in [-0.1, -0.05) is 0 Å². The van der Waals surface area contributed by atoms with Crippen molar-refractivity contribution in [1.29, 1.82) is 0 Å². The molecule has 1 unspecified atom stereocenters. The molecule has 1 atom stereocenters. The number of carbonyl (C=O) groups is 2. The van der Waals surface area contributed by atoms with E-state index in [0.717, 1.165) is 25.9 Å². The van der Waals surface area contributed by atoms with Crippen LogP contribution < -0.4 is 10.6 Å². The Balaban J connectivity index is 1.60. The fourth-order valence-corrected chi connectivity index (χ4v) is 5.41. The minimum absolute atomic E-state index is 0.0353. The fraction of sp³-hybridized carbons (Fsp3) is 0.412. The molecule has 0 fully saturated rings. The molecule has 4 rings (SSSR count). The van der Waals surface area contributed by atoms with Crippen LogP contribution in [0.15, 0.2) is 12.1 Å². The van der Waals surface area contributed by atoms with Gasteiger partial charge in [0.1, 0.15) is 11.2 Å². The number of thiophene rings is 2. The van der Waals surface area contributed by atoms with Gasteiger partial charge in [-0.3, -0.25) is 4.79 Å². The molecule has 0 saturated heterocycles. The van der Waals surface area contributed by atoms with E-state index in [1.165, 1.54) is 4.88 Å². The Hall–Kier alpha value is -2.06. The van der Waals surface area contributed by atoms with Gasteiger partial charge in [0.15, 0.2) is 0 Å². The first-order chi connectivity index (χ1) is 12.1. The van der Waals surface area contributed by atoms with E-state index in [1.54, 1.807) is 34.5 Å². The first kappa shape index (κ1) is 16.4. The number of carbonyl (C=O) groups excluding carboxylic acids is 2. The summed E-state index contributed by atoms with van der Waals surface area (Å²) >= 11 is 3.24. The topological polar surface area (TPSA) is 70.7 Å². The summed E-state index contributed by atoms with van der Waals surface area (Å²) in [6.45, 7) is 5.31. The molecule has 2 aliphatic rings. The quantitative estimate of drug-likeness (QED) is 0.840. The molecular weight excluding hydrogens is 358 g/mol. The van der Waals surface area contributed by atoms with Crippen LogP contribution in [0.3, 0.4) is 0 Å². The van der Waals surface area contributed by atoms with Crippen molar-refractivity contribution in [2.45, 2.75) is 33.0 Å². The van der Waals surface area contributed by atoms with Gasteiger partial charge in [0, 0.05) is 21.2 Å². The molecule has 25 heavy (non-hydrogen) atoms. The lowest BCUT2D eigenvalue weighted by Crippen LogP contribution is -2.39. The molecule has 2 N–H and O–H groups in total. The van der Waals surface area contributed by atoms with Crippen LogP contribution in [0.25, 0.3) is 0 Å². The molecule has 0 radical (unpaired) electrons. The van der Waals surface area contributed by atoms with Crippen LogP contribution >= 0.6 is 22.7 Å². The van der Waals surface area contributed by atoms with Crippen LogP contribution in [0.4, 0.5) is 9.80 Å². The van der Waals surface area contributed by atoms with E-state index < -0.39 is 0 Å². The summed E-state index contributed by atoms with van der Waals surface area (Å²) in [5.41, 5.74) is 1.80. The van der Waals surface area contributed by atoms with E-state index in [2.05, 4.69) is 23.6 Å². The van der Waals surface area contributed by atoms with Crippen molar-refractivity contribution < 1.29 is 14.3 Å². The van der Waals surface area contributed by atoms with Crippen molar-refractivity contribution in [3.05, 3.63) is 37.9 Å². The Bertz CT molecular complexity index is 842. The minimum Gasteiger partial charge on any atom is -0.450 e. The zero-order valence-electron chi connectivity index (χ0n) is 14.0. The highest BCUT2D eigenvalue weighted by molar-refractivity contribution is 7.17. The number of rotatable bonds is 2. The van der Waals surface area contributed by atoms with Crippen molar-refractivity contribution >= 4 is 39.7 Å². The van der Waals surface area contributed by atoms with Gasteiger partial charge in [0.25, 0.3) is 5.91 Å². The molecule has 0 spiro atoms. The highest BCUT2D eigenvalue weighted by Crippen LogP contribution is 2.41. The number of amides is 2. The second-order valence-electron chi connectivity index (χ2n) is 6.08. The van der Waals surface area contributed by atoms with Crippen LogP contribution in [0.5, 0.6) is 0 Å². The summed E-state index contributed by atoms with van der Waals surface area (Å²) in [5.74, 6) is -0.0353. The molecule has 2 aliphatic heterocycles. The summed E-state index contributed by atoms with van der Waals surface area (Å²) in [5, 5.41) is 7.40. The standard InChI is InChI=1S/C17H19N3O3S2/c1-3-23-17(22)20-7-6-10-12(8-20)25-16-13(10)15(21)18-14(19-16)11-5-4-9(2)24-11/h4-5,14,19H,3,6-8H2,1-2H3,(H,18,21). The minimum atomic E-state index is -0.288. The van der Waals surface area contributed by atoms with Gasteiger partial charge in [0.2, 0.25) is 0 Å². The molecule has 2 aromatic heterocycles. The molecule has 0 aliphatic carbocycles. The second-order valence-corrected chi connectivity index (χ2v) is 8.50. The van der Waals surface area contributed by atoms with Crippen molar-refractivity contribution in [3.63, 3.8) is 0 Å². The van der Waals surface area contributed by atoms with E-state index in [4.69, 9.17) is 4.74 Å². The Labute approximate surface area is 153 Å². The first-order valence-electron chi connectivity index (χ1n) is 8.26. The largest absolute Gasteiger partial charge is 0.450 e. The number of hydrogen-bond donors (Lipinski definition) is 2. The normalized spacial score (nSPS) is 18.9. The van der Waals surface area contributed by atoms with Crippen LogP contribution in [0.2, 0.25) is 0 Å². The van der Waals surface area contributed by atoms with E-state index in [-0.39, 0.29) is 18.2 Å². The Kier molecular flexibility index (Phi) is 4.16. The van der Waals surface area contributed by atoms with Crippen molar-refractivity contribution in [2.24, 2.45) is 0 Å². The van der Waals surface area contributed by atoms with Gasteiger partial charge in [-0.05, 0) is 38.0 Å². The predicted octanol–water partition coefficient (Wildman–Crippen LogP) is 3.49. The number of nitrogens with one attached hydrogen (secondary N) is 2. The average Bonchev–Trinajstić information content (AvgIpc) is 3.17. The average molecular weight is 377 g/mol. The molecule has 132 valence electrons. The lowest BCUT2D eigenvalue weighted by Gasteiger charge is -2.27. The van der Waals surface area contributed by atoms with Crippen LogP contribution in [0.1, 0.15) is 43.6 Å². The van der Waals surface area contributed by atoms with Crippen LogP contribution in [0, 0.1) is 6.92 Å². The number of fused-ring (bicyclic) bond motifs is 3. The molecule has 2 aromatic rings. The summed E-state index contributed by atoms with van der Waals surface area (Å²) in [6.07, 6.45) is 0.196. The lowest BCUT2D eigenvalue weighted by atomic mass is 10.0. The van der Waals surface area contributed by atoms with E-state index in [9.17, 15) is 9.59 Å². The highest BCUT2D eigenvalue weighted by atomic mass is 32.1. The highest BCUT2D eigenvalue weighted by Gasteiger charge is 2.34. The van der Waals surface area contributed by atoms with Gasteiger partial charge < -0.3 is 20.3 Å². The SMILES string of the molecule is CCOC(=O)N1CCc2c(sc3c2C(=O)NC(c2ccc(C)s2)N3)C1. The van der Waals surface area contributed by atoms with Gasteiger partial charge in [-0.25, -0.2) is 4.79 Å². The molecule has 8 heteroatoms. The van der Waals surface area contributed by atoms with Gasteiger partial charge in [0.05, 0.1) is 18.7 Å². The van der Waals surface area contributed by atoms with Crippen LogP contribution in [-0.4, -0.2) is 30.1 Å². The van der Waals surface area contributed by atoms with Crippen molar-refractivity contribution in [2.75, 3.05) is 18.5 Å². The summed E-state index contributed by atoms with van der Waals surface area (Å²) in [4.78, 5) is 29.7. The summed E-state index contributed by atoms with van der Waals surface area (Å²) in [7, 11) is 0. The third-order valence-corrected chi connectivity index (χ3v) is 6.62. The van der Waals surface area contributed by atoms with Gasteiger partial charge in [-0.2, -0.15) is 0 Å². The van der Waals surface area contributed by atoms with E-state index in [1.807, 2.05) is 6.07 Å². The first-order valence-corrected chi connectivity index (χ1v) is 9.90. The zero-order chi connectivity index (χ0) is 17.6. The van der Waals surface area contributed by atoms with Gasteiger partial charge >= 0.3 is 6.09 Å². The third-order valence-electron chi connectivity index (χ3n) is 4.41. The number of aryl methyl sites for hydroxylation is 1. The Morgan fingerprint density at radius 1 is 1.36 bits per heavy atom. The Morgan fingerprint density at radius 2 is 2.20 bits per heavy atom. The monoisotopic (exact) mass is 377 g/mol. The predicted molar refractivity (Wildman–Crippen MR) is 98.3 cm³/mol.